The summed E-state index contributed by atoms with van der Waals surface area (Å²) >= 11 is 0. The fourth-order valence-corrected chi connectivity index (χ4v) is 1.28. The molecule has 0 atom stereocenters. The van der Waals surface area contributed by atoms with Gasteiger partial charge in [-0.05, 0) is 12.1 Å². The van der Waals surface area contributed by atoms with Crippen LogP contribution in [0.25, 0.3) is 0 Å². The number of nitrogens with zero attached hydrogens (tertiary/aromatic N) is 1. The lowest BCUT2D eigenvalue weighted by Crippen LogP contribution is -2.06. The summed E-state index contributed by atoms with van der Waals surface area (Å²) in [6.45, 7) is 0.182. The van der Waals surface area contributed by atoms with Crippen molar-refractivity contribution in [2.45, 2.75) is 12.8 Å². The minimum atomic E-state index is -0.430. The number of esters is 1. The van der Waals surface area contributed by atoms with Crippen molar-refractivity contribution in [2.24, 2.45) is 0 Å². The topological polar surface area (TPSA) is 68.6 Å². The first-order valence-electron chi connectivity index (χ1n) is 4.77. The molecular formula is C11H9NO4. The van der Waals surface area contributed by atoms with Crippen molar-refractivity contribution in [3.05, 3.63) is 18.2 Å². The summed E-state index contributed by atoms with van der Waals surface area (Å²) in [6.07, 6.45) is 0.244. The second-order valence-corrected chi connectivity index (χ2v) is 3.15. The van der Waals surface area contributed by atoms with Gasteiger partial charge in [0.25, 0.3) is 0 Å². The molecule has 1 aliphatic heterocycles. The van der Waals surface area contributed by atoms with Gasteiger partial charge in [0.2, 0.25) is 6.79 Å². The molecule has 0 saturated heterocycles. The molecule has 0 bridgehead atoms. The molecule has 5 heteroatoms. The number of carbonyl (C=O) groups is 1. The Morgan fingerprint density at radius 1 is 1.44 bits per heavy atom. The van der Waals surface area contributed by atoms with Gasteiger partial charge in [-0.1, -0.05) is 0 Å². The Morgan fingerprint density at radius 2 is 2.25 bits per heavy atom. The first-order chi connectivity index (χ1) is 7.79. The fraction of sp³-hybridized carbons (Fsp3) is 0.273. The second-order valence-electron chi connectivity index (χ2n) is 3.15. The van der Waals surface area contributed by atoms with Gasteiger partial charge in [0.1, 0.15) is 5.75 Å². The third-order valence-corrected chi connectivity index (χ3v) is 2.02. The molecule has 1 heterocycles. The summed E-state index contributed by atoms with van der Waals surface area (Å²) in [6, 6.07) is 6.77. The summed E-state index contributed by atoms with van der Waals surface area (Å²) in [5, 5.41) is 8.31. The normalized spacial score (nSPS) is 11.9. The van der Waals surface area contributed by atoms with E-state index in [2.05, 4.69) is 0 Å². The number of rotatable bonds is 3. The van der Waals surface area contributed by atoms with Crippen LogP contribution < -0.4 is 14.2 Å². The molecule has 1 aromatic carbocycles. The van der Waals surface area contributed by atoms with Gasteiger partial charge in [-0.25, -0.2) is 0 Å². The third-order valence-electron chi connectivity index (χ3n) is 2.02. The second kappa shape index (κ2) is 4.53. The molecule has 0 amide bonds. The van der Waals surface area contributed by atoms with Gasteiger partial charge in [0.15, 0.2) is 11.5 Å². The SMILES string of the molecule is N#CCCC(=O)Oc1ccc2c(c1)OCO2. The number of benzene rings is 1. The van der Waals surface area contributed by atoms with Crippen LogP contribution in [0, 0.1) is 11.3 Å². The van der Waals surface area contributed by atoms with Gasteiger partial charge in [-0.15, -0.1) is 0 Å². The molecule has 0 aromatic heterocycles. The van der Waals surface area contributed by atoms with Crippen LogP contribution in [0.3, 0.4) is 0 Å². The molecule has 0 radical (unpaired) electrons. The number of ether oxygens (including phenoxy) is 3. The molecule has 0 unspecified atom stereocenters. The van der Waals surface area contributed by atoms with E-state index in [-0.39, 0.29) is 19.6 Å². The number of carbonyl (C=O) groups excluding carboxylic acids is 1. The van der Waals surface area contributed by atoms with Crippen molar-refractivity contribution in [3.8, 4) is 23.3 Å². The highest BCUT2D eigenvalue weighted by molar-refractivity contribution is 5.72. The molecule has 2 rings (SSSR count). The molecule has 0 aliphatic carbocycles. The zero-order chi connectivity index (χ0) is 11.4. The monoisotopic (exact) mass is 219 g/mol. The molecule has 1 aliphatic rings. The van der Waals surface area contributed by atoms with E-state index in [0.29, 0.717) is 17.2 Å². The highest BCUT2D eigenvalue weighted by atomic mass is 16.7. The van der Waals surface area contributed by atoms with E-state index in [4.69, 9.17) is 19.5 Å². The minimum Gasteiger partial charge on any atom is -0.454 e. The lowest BCUT2D eigenvalue weighted by molar-refractivity contribution is -0.134. The molecule has 0 spiro atoms. The van der Waals surface area contributed by atoms with E-state index in [1.54, 1.807) is 18.2 Å². The van der Waals surface area contributed by atoms with Crippen LogP contribution >= 0.6 is 0 Å². The fourth-order valence-electron chi connectivity index (χ4n) is 1.28. The maximum Gasteiger partial charge on any atom is 0.312 e. The molecule has 0 N–H and O–H groups in total. The average molecular weight is 219 g/mol. The number of nitriles is 1. The minimum absolute atomic E-state index is 0.0882. The van der Waals surface area contributed by atoms with Crippen LogP contribution in [-0.4, -0.2) is 12.8 Å². The summed E-state index contributed by atoms with van der Waals surface area (Å²) in [7, 11) is 0. The maximum atomic E-state index is 11.2. The van der Waals surface area contributed by atoms with Crippen LogP contribution in [0.4, 0.5) is 0 Å². The molecule has 82 valence electrons. The summed E-state index contributed by atoms with van der Waals surface area (Å²) in [4.78, 5) is 11.2. The van der Waals surface area contributed by atoms with Crippen LogP contribution in [0.1, 0.15) is 12.8 Å². The molecule has 0 fully saturated rings. The molecule has 16 heavy (non-hydrogen) atoms. The van der Waals surface area contributed by atoms with Crippen molar-refractivity contribution in [2.75, 3.05) is 6.79 Å². The summed E-state index contributed by atoms with van der Waals surface area (Å²) in [5.41, 5.74) is 0. The standard InChI is InChI=1S/C11H9NO4/c12-5-1-2-11(13)16-8-3-4-9-10(6-8)15-7-14-9/h3-4,6H,1-2,7H2. The van der Waals surface area contributed by atoms with E-state index in [9.17, 15) is 4.79 Å². The average Bonchev–Trinajstić information content (AvgIpc) is 2.73. The van der Waals surface area contributed by atoms with Gasteiger partial charge in [-0.2, -0.15) is 5.26 Å². The van der Waals surface area contributed by atoms with Crippen molar-refractivity contribution in [1.29, 1.82) is 5.26 Å². The van der Waals surface area contributed by atoms with Crippen molar-refractivity contribution >= 4 is 5.97 Å². The Hall–Kier alpha value is -2.22. The summed E-state index contributed by atoms with van der Waals surface area (Å²) < 4.78 is 15.3. The van der Waals surface area contributed by atoms with Crippen LogP contribution in [-0.2, 0) is 4.79 Å². The Kier molecular flexibility index (Phi) is 2.92. The zero-order valence-electron chi connectivity index (χ0n) is 8.43. The number of fused-ring (bicyclic) bond motifs is 1. The van der Waals surface area contributed by atoms with Crippen molar-refractivity contribution in [3.63, 3.8) is 0 Å². The van der Waals surface area contributed by atoms with E-state index in [0.717, 1.165) is 0 Å². The summed E-state index contributed by atoms with van der Waals surface area (Å²) in [5.74, 6) is 1.16. The lowest BCUT2D eigenvalue weighted by atomic mass is 10.3. The van der Waals surface area contributed by atoms with Crippen molar-refractivity contribution in [1.82, 2.24) is 0 Å². The predicted octanol–water partition coefficient (Wildman–Crippen LogP) is 1.62. The zero-order valence-corrected chi connectivity index (χ0v) is 8.43. The first-order valence-corrected chi connectivity index (χ1v) is 4.77. The highest BCUT2D eigenvalue weighted by Gasteiger charge is 2.14. The molecule has 1 aromatic rings. The number of hydrogen-bond acceptors (Lipinski definition) is 5. The van der Waals surface area contributed by atoms with Gasteiger partial charge in [-0.3, -0.25) is 4.79 Å². The van der Waals surface area contributed by atoms with Gasteiger partial charge >= 0.3 is 5.97 Å². The van der Waals surface area contributed by atoms with E-state index in [1.165, 1.54) is 0 Å². The van der Waals surface area contributed by atoms with Gasteiger partial charge in [0, 0.05) is 12.5 Å². The molecular weight excluding hydrogens is 210 g/mol. The largest absolute Gasteiger partial charge is 0.454 e. The van der Waals surface area contributed by atoms with Crippen LogP contribution in [0.15, 0.2) is 18.2 Å². The molecule has 5 nitrogen and oxygen atoms in total. The third kappa shape index (κ3) is 2.23. The van der Waals surface area contributed by atoms with Crippen molar-refractivity contribution < 1.29 is 19.0 Å². The Bertz CT molecular complexity index is 450. The van der Waals surface area contributed by atoms with E-state index >= 15 is 0 Å². The lowest BCUT2D eigenvalue weighted by Gasteiger charge is -2.03. The quantitative estimate of drug-likeness (QED) is 0.570. The Labute approximate surface area is 92.1 Å². The van der Waals surface area contributed by atoms with Gasteiger partial charge in [0.05, 0.1) is 12.5 Å². The predicted molar refractivity (Wildman–Crippen MR) is 53.0 cm³/mol. The van der Waals surface area contributed by atoms with E-state index < -0.39 is 5.97 Å². The van der Waals surface area contributed by atoms with Gasteiger partial charge < -0.3 is 14.2 Å². The number of hydrogen-bond donors (Lipinski definition) is 0. The first kappa shape index (κ1) is 10.3. The van der Waals surface area contributed by atoms with Crippen LogP contribution in [0.2, 0.25) is 0 Å². The van der Waals surface area contributed by atoms with E-state index in [1.807, 2.05) is 6.07 Å². The maximum absolute atomic E-state index is 11.2. The van der Waals surface area contributed by atoms with Crippen LogP contribution in [0.5, 0.6) is 17.2 Å². The Balaban J connectivity index is 2.00. The molecule has 0 saturated carbocycles. The smallest absolute Gasteiger partial charge is 0.312 e. The highest BCUT2D eigenvalue weighted by Crippen LogP contribution is 2.35. The Morgan fingerprint density at radius 3 is 3.06 bits per heavy atom.